The van der Waals surface area contributed by atoms with Crippen molar-refractivity contribution in [1.82, 2.24) is 24.1 Å². The van der Waals surface area contributed by atoms with Gasteiger partial charge in [-0.3, -0.25) is 9.69 Å². The monoisotopic (exact) mass is 517 g/mol. The molecule has 0 unspecified atom stereocenters. The Morgan fingerprint density at radius 3 is 2.69 bits per heavy atom. The topological polar surface area (TPSA) is 114 Å². The molecule has 2 aromatic rings. The minimum atomic E-state index is -3.66. The van der Waals surface area contributed by atoms with E-state index in [1.54, 1.807) is 18.2 Å². The molecule has 2 saturated heterocycles. The molecule has 10 nitrogen and oxygen atoms in total. The van der Waals surface area contributed by atoms with E-state index in [9.17, 15) is 18.0 Å². The van der Waals surface area contributed by atoms with Gasteiger partial charge in [-0.1, -0.05) is 33.1 Å². The zero-order valence-corrected chi connectivity index (χ0v) is 21.8. The maximum atomic E-state index is 13.5. The lowest BCUT2D eigenvalue weighted by molar-refractivity contribution is -0.134. The number of imidazole rings is 1. The predicted molar refractivity (Wildman–Crippen MR) is 134 cm³/mol. The third kappa shape index (κ3) is 4.20. The molecule has 3 aliphatic rings. The van der Waals surface area contributed by atoms with Crippen LogP contribution >= 0.6 is 0 Å². The first-order valence-corrected chi connectivity index (χ1v) is 14.4. The van der Waals surface area contributed by atoms with Gasteiger partial charge in [0, 0.05) is 19.6 Å². The average Bonchev–Trinajstić information content (AvgIpc) is 3.34. The molecular weight excluding hydrogens is 482 g/mol. The summed E-state index contributed by atoms with van der Waals surface area (Å²) in [6.45, 7) is 6.26. The van der Waals surface area contributed by atoms with Gasteiger partial charge >= 0.3 is 6.03 Å². The summed E-state index contributed by atoms with van der Waals surface area (Å²) in [5, 5.41) is 3.01. The summed E-state index contributed by atoms with van der Waals surface area (Å²) in [5.74, 6) is 0.493. The number of morpholine rings is 1. The third-order valence-corrected chi connectivity index (χ3v) is 9.84. The van der Waals surface area contributed by atoms with Crippen LogP contribution in [0.4, 0.5) is 4.79 Å². The molecule has 1 N–H and O–H groups in total. The number of hydrogen-bond donors (Lipinski definition) is 1. The fourth-order valence-corrected chi connectivity index (χ4v) is 7.15. The summed E-state index contributed by atoms with van der Waals surface area (Å²) in [7, 11) is -3.66. The molecule has 3 heterocycles. The standard InChI is InChI=1S/C25H35N5O5S/c1-3-4-11-29-21-9-8-19(36(33,34)28-12-14-35-15-13-28)16-20(21)26-22(29)17-30-23(31)25(27-24(30)32)10-6-5-7-18(25)2/h8-9,16,18H,3-7,10-15,17H2,1-2H3,(H,27,32)/t18-,25-/m1/s1. The molecule has 1 aliphatic carbocycles. The Labute approximate surface area is 212 Å². The first kappa shape index (κ1) is 25.2. The quantitative estimate of drug-likeness (QED) is 0.565. The van der Waals surface area contributed by atoms with Crippen LogP contribution in [0.25, 0.3) is 11.0 Å². The van der Waals surface area contributed by atoms with E-state index in [0.717, 1.165) is 37.6 Å². The molecule has 1 aromatic carbocycles. The van der Waals surface area contributed by atoms with E-state index in [2.05, 4.69) is 12.2 Å². The smallest absolute Gasteiger partial charge is 0.325 e. The molecule has 1 saturated carbocycles. The number of sulfonamides is 1. The lowest BCUT2D eigenvalue weighted by Gasteiger charge is -2.36. The van der Waals surface area contributed by atoms with Gasteiger partial charge in [0.2, 0.25) is 10.0 Å². The maximum absolute atomic E-state index is 13.5. The van der Waals surface area contributed by atoms with Gasteiger partial charge in [-0.25, -0.2) is 18.2 Å². The van der Waals surface area contributed by atoms with Gasteiger partial charge < -0.3 is 14.6 Å². The van der Waals surface area contributed by atoms with Crippen molar-refractivity contribution in [2.45, 2.75) is 75.9 Å². The van der Waals surface area contributed by atoms with Gasteiger partial charge in [0.1, 0.15) is 11.4 Å². The van der Waals surface area contributed by atoms with Crippen molar-refractivity contribution in [3.05, 3.63) is 24.0 Å². The van der Waals surface area contributed by atoms with Crippen molar-refractivity contribution in [2.75, 3.05) is 26.3 Å². The van der Waals surface area contributed by atoms with Crippen molar-refractivity contribution in [3.8, 4) is 0 Å². The van der Waals surface area contributed by atoms with Crippen LogP contribution in [0, 0.1) is 5.92 Å². The molecule has 196 valence electrons. The number of nitrogens with one attached hydrogen (secondary N) is 1. The number of ether oxygens (including phenoxy) is 1. The number of unbranched alkanes of at least 4 members (excludes halogenated alkanes) is 1. The van der Waals surface area contributed by atoms with Crippen LogP contribution in [0.3, 0.4) is 0 Å². The number of carbonyl (C=O) groups excluding carboxylic acids is 2. The van der Waals surface area contributed by atoms with Crippen LogP contribution in [0.5, 0.6) is 0 Å². The summed E-state index contributed by atoms with van der Waals surface area (Å²) < 4.78 is 35.1. The normalized spacial score (nSPS) is 25.7. The molecule has 3 amide bonds. The van der Waals surface area contributed by atoms with Crippen LogP contribution in [-0.2, 0) is 32.6 Å². The highest BCUT2D eigenvalue weighted by atomic mass is 32.2. The van der Waals surface area contributed by atoms with Crippen LogP contribution in [0.1, 0.15) is 58.2 Å². The average molecular weight is 518 g/mol. The fraction of sp³-hybridized carbons (Fsp3) is 0.640. The number of carbonyl (C=O) groups is 2. The number of amides is 3. The number of imide groups is 1. The molecule has 1 aromatic heterocycles. The third-order valence-electron chi connectivity index (χ3n) is 7.94. The molecule has 1 spiro atoms. The zero-order valence-electron chi connectivity index (χ0n) is 21.0. The summed E-state index contributed by atoms with van der Waals surface area (Å²) in [6.07, 6.45) is 5.41. The SMILES string of the molecule is CCCCn1c(CN2C(=O)N[C@@]3(CCCC[C@H]3C)C2=O)nc2cc(S(=O)(=O)N3CCOCC3)ccc21. The lowest BCUT2D eigenvalue weighted by atomic mass is 9.73. The summed E-state index contributed by atoms with van der Waals surface area (Å²) in [5.41, 5.74) is 0.519. The second-order valence-electron chi connectivity index (χ2n) is 10.1. The molecular formula is C25H35N5O5S. The van der Waals surface area contributed by atoms with Crippen molar-refractivity contribution >= 4 is 33.0 Å². The van der Waals surface area contributed by atoms with E-state index in [1.807, 2.05) is 11.5 Å². The molecule has 2 aliphatic heterocycles. The number of benzene rings is 1. The number of aryl methyl sites for hydroxylation is 1. The number of urea groups is 1. The zero-order chi connectivity index (χ0) is 25.5. The Kier molecular flexibility index (Phi) is 6.82. The Hall–Kier alpha value is -2.50. The van der Waals surface area contributed by atoms with E-state index < -0.39 is 15.6 Å². The van der Waals surface area contributed by atoms with Crippen molar-refractivity contribution in [3.63, 3.8) is 0 Å². The van der Waals surface area contributed by atoms with Gasteiger partial charge in [0.05, 0.1) is 35.7 Å². The predicted octanol–water partition coefficient (Wildman–Crippen LogP) is 2.86. The van der Waals surface area contributed by atoms with E-state index in [0.29, 0.717) is 50.6 Å². The van der Waals surface area contributed by atoms with Crippen LogP contribution in [0.15, 0.2) is 23.1 Å². The van der Waals surface area contributed by atoms with E-state index >= 15 is 0 Å². The largest absolute Gasteiger partial charge is 0.379 e. The summed E-state index contributed by atoms with van der Waals surface area (Å²) in [4.78, 5) is 32.7. The number of nitrogens with zero attached hydrogens (tertiary/aromatic N) is 4. The van der Waals surface area contributed by atoms with Gasteiger partial charge in [-0.15, -0.1) is 0 Å². The molecule has 11 heteroatoms. The Balaban J connectivity index is 1.48. The molecule has 2 atom stereocenters. The van der Waals surface area contributed by atoms with E-state index in [-0.39, 0.29) is 29.3 Å². The number of fused-ring (bicyclic) bond motifs is 1. The van der Waals surface area contributed by atoms with Crippen LogP contribution in [-0.4, -0.2) is 71.0 Å². The second kappa shape index (κ2) is 9.75. The maximum Gasteiger partial charge on any atom is 0.325 e. The highest BCUT2D eigenvalue weighted by molar-refractivity contribution is 7.89. The molecule has 5 rings (SSSR count). The lowest BCUT2D eigenvalue weighted by Crippen LogP contribution is -2.53. The second-order valence-corrected chi connectivity index (χ2v) is 12.1. The van der Waals surface area contributed by atoms with E-state index in [4.69, 9.17) is 9.72 Å². The summed E-state index contributed by atoms with van der Waals surface area (Å²) >= 11 is 0. The van der Waals surface area contributed by atoms with Gasteiger partial charge in [0.25, 0.3) is 5.91 Å². The van der Waals surface area contributed by atoms with Crippen molar-refractivity contribution < 1.29 is 22.7 Å². The van der Waals surface area contributed by atoms with Crippen LogP contribution in [0.2, 0.25) is 0 Å². The van der Waals surface area contributed by atoms with Gasteiger partial charge in [-0.2, -0.15) is 4.31 Å². The van der Waals surface area contributed by atoms with Gasteiger partial charge in [0.15, 0.2) is 0 Å². The minimum absolute atomic E-state index is 0.0586. The number of rotatable bonds is 7. The summed E-state index contributed by atoms with van der Waals surface area (Å²) in [6, 6.07) is 4.63. The highest BCUT2D eigenvalue weighted by Gasteiger charge is 2.55. The molecule has 0 bridgehead atoms. The fourth-order valence-electron chi connectivity index (χ4n) is 5.72. The molecule has 0 radical (unpaired) electrons. The Morgan fingerprint density at radius 1 is 1.19 bits per heavy atom. The first-order valence-electron chi connectivity index (χ1n) is 13.0. The Bertz CT molecular complexity index is 1270. The highest BCUT2D eigenvalue weighted by Crippen LogP contribution is 2.38. The number of hydrogen-bond acceptors (Lipinski definition) is 6. The van der Waals surface area contributed by atoms with E-state index in [1.165, 1.54) is 9.21 Å². The van der Waals surface area contributed by atoms with Gasteiger partial charge in [-0.05, 0) is 43.4 Å². The van der Waals surface area contributed by atoms with Crippen molar-refractivity contribution in [1.29, 1.82) is 0 Å². The minimum Gasteiger partial charge on any atom is -0.379 e. The molecule has 3 fully saturated rings. The van der Waals surface area contributed by atoms with Crippen molar-refractivity contribution in [2.24, 2.45) is 5.92 Å². The first-order chi connectivity index (χ1) is 17.3. The number of aromatic nitrogens is 2. The Morgan fingerprint density at radius 2 is 1.97 bits per heavy atom. The van der Waals surface area contributed by atoms with Crippen LogP contribution < -0.4 is 5.32 Å². The molecule has 36 heavy (non-hydrogen) atoms.